The van der Waals surface area contributed by atoms with Crippen molar-refractivity contribution in [2.45, 2.75) is 6.42 Å². The summed E-state index contributed by atoms with van der Waals surface area (Å²) in [6, 6.07) is 11.8. The first-order valence-electron chi connectivity index (χ1n) is 8.56. The quantitative estimate of drug-likeness (QED) is 0.494. The molecule has 0 unspecified atom stereocenters. The van der Waals surface area contributed by atoms with Gasteiger partial charge in [-0.3, -0.25) is 19.5 Å². The number of carbonyl (C=O) groups excluding carboxylic acids is 3. The van der Waals surface area contributed by atoms with Gasteiger partial charge < -0.3 is 15.4 Å². The maximum Gasteiger partial charge on any atom is 0.308 e. The van der Waals surface area contributed by atoms with Crippen LogP contribution >= 0.6 is 23.2 Å². The van der Waals surface area contributed by atoms with Gasteiger partial charge in [-0.05, 0) is 24.3 Å². The topological polar surface area (TPSA) is 113 Å². The molecular formula is C19H16Cl2N4O4. The van der Waals surface area contributed by atoms with Gasteiger partial charge >= 0.3 is 5.97 Å². The van der Waals surface area contributed by atoms with Crippen LogP contribution in [-0.2, 0) is 14.3 Å². The van der Waals surface area contributed by atoms with Gasteiger partial charge in [0.1, 0.15) is 0 Å². The van der Waals surface area contributed by atoms with E-state index in [4.69, 9.17) is 27.9 Å². The molecule has 150 valence electrons. The first-order chi connectivity index (χ1) is 13.9. The average molecular weight is 435 g/mol. The number of nitrogens with one attached hydrogen (secondary N) is 3. The van der Waals surface area contributed by atoms with E-state index in [1.165, 1.54) is 12.1 Å². The van der Waals surface area contributed by atoms with Crippen molar-refractivity contribution in [2.24, 2.45) is 0 Å². The van der Waals surface area contributed by atoms with Crippen LogP contribution in [0.2, 0.25) is 10.0 Å². The molecule has 3 N–H and O–H groups in total. The maximum atomic E-state index is 12.2. The second-order valence-electron chi connectivity index (χ2n) is 5.96. The lowest BCUT2D eigenvalue weighted by Gasteiger charge is -2.08. The molecule has 0 radical (unpaired) electrons. The van der Waals surface area contributed by atoms with Crippen LogP contribution in [0.3, 0.4) is 0 Å². The summed E-state index contributed by atoms with van der Waals surface area (Å²) in [5.41, 5.74) is 1.30. The Morgan fingerprint density at radius 2 is 1.90 bits per heavy atom. The summed E-state index contributed by atoms with van der Waals surface area (Å²) in [7, 11) is 0. The van der Waals surface area contributed by atoms with Gasteiger partial charge in [0.25, 0.3) is 11.8 Å². The molecule has 0 saturated carbocycles. The number of esters is 1. The van der Waals surface area contributed by atoms with E-state index in [0.717, 1.165) is 5.52 Å². The first kappa shape index (κ1) is 20.6. The second-order valence-corrected chi connectivity index (χ2v) is 6.80. The molecule has 0 aliphatic rings. The van der Waals surface area contributed by atoms with E-state index in [1.54, 1.807) is 24.3 Å². The summed E-state index contributed by atoms with van der Waals surface area (Å²) in [5, 5.41) is 13.2. The summed E-state index contributed by atoms with van der Waals surface area (Å²) >= 11 is 11.8. The molecule has 0 spiro atoms. The maximum absolute atomic E-state index is 12.2. The number of aromatic amines is 1. The lowest BCUT2D eigenvalue weighted by molar-refractivity contribution is -0.147. The molecule has 0 aliphatic heterocycles. The predicted octanol–water partition coefficient (Wildman–Crippen LogP) is 3.17. The minimum atomic E-state index is -0.635. The molecule has 29 heavy (non-hydrogen) atoms. The van der Waals surface area contributed by atoms with Gasteiger partial charge in [-0.15, -0.1) is 0 Å². The Kier molecular flexibility index (Phi) is 6.69. The Morgan fingerprint density at radius 1 is 1.10 bits per heavy atom. The molecule has 0 atom stereocenters. The Labute approximate surface area is 175 Å². The number of nitrogens with zero attached hydrogens (tertiary/aromatic N) is 1. The fraction of sp³-hybridized carbons (Fsp3) is 0.158. The number of hydrogen-bond acceptors (Lipinski definition) is 5. The fourth-order valence-electron chi connectivity index (χ4n) is 2.50. The van der Waals surface area contributed by atoms with E-state index in [2.05, 4.69) is 20.8 Å². The van der Waals surface area contributed by atoms with Gasteiger partial charge in [-0.25, -0.2) is 0 Å². The molecule has 3 rings (SSSR count). The van der Waals surface area contributed by atoms with Crippen molar-refractivity contribution in [3.63, 3.8) is 0 Å². The highest BCUT2D eigenvalue weighted by Gasteiger charge is 2.14. The third kappa shape index (κ3) is 5.46. The van der Waals surface area contributed by atoms with E-state index in [0.29, 0.717) is 21.1 Å². The Bertz CT molecular complexity index is 1070. The average Bonchev–Trinajstić information content (AvgIpc) is 3.13. The molecule has 3 aromatic rings. The lowest BCUT2D eigenvalue weighted by Crippen LogP contribution is -2.28. The minimum Gasteiger partial charge on any atom is -0.456 e. The van der Waals surface area contributed by atoms with Crippen molar-refractivity contribution in [1.29, 1.82) is 0 Å². The van der Waals surface area contributed by atoms with Crippen molar-refractivity contribution in [2.75, 3.05) is 18.5 Å². The number of ether oxygens (including phenoxy) is 1. The van der Waals surface area contributed by atoms with Gasteiger partial charge in [0, 0.05) is 17.0 Å². The third-order valence-corrected chi connectivity index (χ3v) is 4.43. The molecule has 2 aromatic carbocycles. The molecule has 8 nitrogen and oxygen atoms in total. The summed E-state index contributed by atoms with van der Waals surface area (Å²) in [6.45, 7) is -0.444. The van der Waals surface area contributed by atoms with Crippen LogP contribution in [0.4, 0.5) is 5.69 Å². The number of aromatic nitrogens is 2. The zero-order chi connectivity index (χ0) is 20.8. The van der Waals surface area contributed by atoms with Crippen LogP contribution in [0, 0.1) is 0 Å². The molecule has 0 fully saturated rings. The lowest BCUT2D eigenvalue weighted by atomic mass is 10.2. The second kappa shape index (κ2) is 9.40. The number of amides is 2. The van der Waals surface area contributed by atoms with Crippen molar-refractivity contribution in [1.82, 2.24) is 15.5 Å². The molecule has 2 amide bonds. The van der Waals surface area contributed by atoms with Gasteiger partial charge in [0.05, 0.1) is 22.6 Å². The number of benzene rings is 2. The van der Waals surface area contributed by atoms with Gasteiger partial charge in [-0.1, -0.05) is 41.4 Å². The van der Waals surface area contributed by atoms with Crippen LogP contribution in [0.5, 0.6) is 0 Å². The Hall–Kier alpha value is -3.10. The normalized spacial score (nSPS) is 10.6. The van der Waals surface area contributed by atoms with Crippen molar-refractivity contribution in [3.05, 3.63) is 58.2 Å². The number of carbonyl (C=O) groups is 3. The molecule has 0 aliphatic carbocycles. The molecular weight excluding hydrogens is 419 g/mol. The summed E-state index contributed by atoms with van der Waals surface area (Å²) in [4.78, 5) is 35.8. The number of halogens is 2. The minimum absolute atomic E-state index is 0.0423. The van der Waals surface area contributed by atoms with Crippen LogP contribution in [0.25, 0.3) is 10.9 Å². The van der Waals surface area contributed by atoms with E-state index in [-0.39, 0.29) is 18.7 Å². The molecule has 10 heteroatoms. The first-order valence-corrected chi connectivity index (χ1v) is 9.31. The third-order valence-electron chi connectivity index (χ3n) is 3.87. The van der Waals surface area contributed by atoms with Crippen LogP contribution in [0.15, 0.2) is 42.5 Å². The largest absolute Gasteiger partial charge is 0.456 e. The zero-order valence-corrected chi connectivity index (χ0v) is 16.5. The van der Waals surface area contributed by atoms with E-state index >= 15 is 0 Å². The molecule has 1 aromatic heterocycles. The van der Waals surface area contributed by atoms with Crippen molar-refractivity contribution in [3.8, 4) is 0 Å². The monoisotopic (exact) mass is 434 g/mol. The van der Waals surface area contributed by atoms with E-state index in [1.807, 2.05) is 6.07 Å². The van der Waals surface area contributed by atoms with Gasteiger partial charge in [0.2, 0.25) is 0 Å². The number of para-hydroxylation sites is 1. The standard InChI is InChI=1S/C19H16Cl2N4O4/c20-11-5-6-13(21)15(9-11)23-16(26)10-29-17(27)7-8-22-19(28)18-12-3-1-2-4-14(12)24-25-18/h1-6,9H,7-8,10H2,(H,22,28)(H,23,26)(H,24,25). The summed E-state index contributed by atoms with van der Waals surface area (Å²) in [6.07, 6.45) is -0.0979. The summed E-state index contributed by atoms with van der Waals surface area (Å²) < 4.78 is 4.89. The van der Waals surface area contributed by atoms with Crippen LogP contribution in [-0.4, -0.2) is 41.1 Å². The Balaban J connectivity index is 1.41. The molecule has 1 heterocycles. The number of rotatable bonds is 7. The van der Waals surface area contributed by atoms with Crippen molar-refractivity contribution >= 4 is 57.6 Å². The van der Waals surface area contributed by atoms with Crippen LogP contribution in [0.1, 0.15) is 16.9 Å². The van der Waals surface area contributed by atoms with Gasteiger partial charge in [0.15, 0.2) is 12.3 Å². The highest BCUT2D eigenvalue weighted by atomic mass is 35.5. The number of H-pyrrole nitrogens is 1. The fourth-order valence-corrected chi connectivity index (χ4v) is 2.83. The van der Waals surface area contributed by atoms with Crippen molar-refractivity contribution < 1.29 is 19.1 Å². The number of hydrogen-bond donors (Lipinski definition) is 3. The smallest absolute Gasteiger partial charge is 0.308 e. The SMILES string of the molecule is O=C(COC(=O)CCNC(=O)c1n[nH]c2ccccc12)Nc1cc(Cl)ccc1Cl. The van der Waals surface area contributed by atoms with Crippen LogP contribution < -0.4 is 10.6 Å². The highest BCUT2D eigenvalue weighted by Crippen LogP contribution is 2.25. The predicted molar refractivity (Wildman–Crippen MR) is 109 cm³/mol. The van der Waals surface area contributed by atoms with Gasteiger partial charge in [-0.2, -0.15) is 5.10 Å². The van der Waals surface area contributed by atoms with E-state index in [9.17, 15) is 14.4 Å². The number of anilines is 1. The molecule has 0 saturated heterocycles. The van der Waals surface area contributed by atoms with E-state index < -0.39 is 24.4 Å². The highest BCUT2D eigenvalue weighted by molar-refractivity contribution is 6.35. The Morgan fingerprint density at radius 3 is 2.72 bits per heavy atom. The number of fused-ring (bicyclic) bond motifs is 1. The molecule has 0 bridgehead atoms. The zero-order valence-electron chi connectivity index (χ0n) is 15.0. The summed E-state index contributed by atoms with van der Waals surface area (Å²) in [5.74, 6) is -1.61.